The van der Waals surface area contributed by atoms with Crippen molar-refractivity contribution in [1.29, 1.82) is 0 Å². The molecule has 0 aliphatic carbocycles. The van der Waals surface area contributed by atoms with Crippen molar-refractivity contribution in [2.45, 2.75) is 6.68 Å². The first-order valence-corrected chi connectivity index (χ1v) is 3.88. The predicted molar refractivity (Wildman–Crippen MR) is 34.8 cm³/mol. The van der Waals surface area contributed by atoms with Gasteiger partial charge in [0.25, 0.3) is 10.1 Å². The average Bonchev–Trinajstić information content (AvgIpc) is 1.58. The molecule has 0 fully saturated rings. The summed E-state index contributed by atoms with van der Waals surface area (Å²) in [6, 6.07) is 0. The van der Waals surface area contributed by atoms with Gasteiger partial charge >= 0.3 is 36.2 Å². The molecule has 0 aromatic carbocycles. The Kier molecular flexibility index (Phi) is 14.5. The number of halogens is 3. The Hall–Kier alpha value is 0.440. The Balaban J connectivity index is -0.0000000600. The minimum Gasteiger partial charge on any atom is -1.00 e. The van der Waals surface area contributed by atoms with Crippen LogP contribution in [-0.4, -0.2) is 25.4 Å². The Morgan fingerprint density at radius 1 is 1.50 bits per heavy atom. The van der Waals surface area contributed by atoms with E-state index in [1.807, 2.05) is 0 Å². The molecule has 0 spiro atoms. The Bertz CT molecular complexity index is 194. The molecule has 0 saturated carbocycles. The fraction of sp³-hybridized carbons (Fsp3) is 0.500. The molecule has 0 radical (unpaired) electrons. The van der Waals surface area contributed by atoms with E-state index in [9.17, 15) is 21.6 Å². The molecule has 0 aliphatic heterocycles. The van der Waals surface area contributed by atoms with Crippen molar-refractivity contribution >= 4 is 10.1 Å². The third-order valence-corrected chi connectivity index (χ3v) is 0.985. The van der Waals surface area contributed by atoms with Gasteiger partial charge in [-0.15, -0.1) is 6.58 Å². The molecule has 1 N–H and O–H groups in total. The molecule has 0 aliphatic rings. The van der Waals surface area contributed by atoms with Crippen LogP contribution in [0.2, 0.25) is 0 Å². The van der Waals surface area contributed by atoms with Crippen LogP contribution in [0.1, 0.15) is 1.43 Å². The molecule has 0 heterocycles. The van der Waals surface area contributed by atoms with Crippen molar-refractivity contribution in [1.82, 2.24) is 0 Å². The van der Waals surface area contributed by atoms with Crippen LogP contribution in [0.4, 0.5) is 13.2 Å². The van der Waals surface area contributed by atoms with Gasteiger partial charge in [0.05, 0.1) is 5.75 Å². The minimum atomic E-state index is -3.79. The van der Waals surface area contributed by atoms with Crippen LogP contribution in [0, 0.1) is 0 Å². The summed E-state index contributed by atoms with van der Waals surface area (Å²) in [5, 5.41) is 0. The van der Waals surface area contributed by atoms with Crippen LogP contribution in [-0.2, 0) is 10.1 Å². The maximum atomic E-state index is 9.72. The van der Waals surface area contributed by atoms with E-state index in [1.165, 1.54) is 0 Å². The topological polar surface area (TPSA) is 54.4 Å². The van der Waals surface area contributed by atoms with E-state index in [4.69, 9.17) is 4.55 Å². The van der Waals surface area contributed by atoms with E-state index in [0.29, 0.717) is 0 Å². The smallest absolute Gasteiger partial charge is 1.00 e. The summed E-state index contributed by atoms with van der Waals surface area (Å²) >= 11 is 0. The molecule has 0 amide bonds. The quantitative estimate of drug-likeness (QED) is 0.342. The molecule has 0 aromatic rings. The summed E-state index contributed by atoms with van der Waals surface area (Å²) in [5.41, 5.74) is 0. The molecule has 0 rings (SSSR count). The third-order valence-electron chi connectivity index (χ3n) is 0.328. The fourth-order valence-electron chi connectivity index (χ4n) is 0.149. The largest absolute Gasteiger partial charge is 1.00 e. The first-order chi connectivity index (χ1) is 4.79. The maximum absolute atomic E-state index is 9.72. The van der Waals surface area contributed by atoms with Crippen molar-refractivity contribution in [3.63, 3.8) is 0 Å². The molecule has 0 bridgehead atoms. The van der Waals surface area contributed by atoms with Gasteiger partial charge in [-0.1, -0.05) is 6.08 Å². The molecule has 0 unspecified atom stereocenters. The zero-order valence-electron chi connectivity index (χ0n) is 7.37. The Morgan fingerprint density at radius 2 is 1.75 bits per heavy atom. The fourth-order valence-corrected chi connectivity index (χ4v) is 0.447. The molecule has 0 saturated heterocycles. The number of hydrogen-bond acceptors (Lipinski definition) is 2. The van der Waals surface area contributed by atoms with Crippen LogP contribution in [0.25, 0.3) is 0 Å². The number of hydrogen-bond donors (Lipinski definition) is 1. The van der Waals surface area contributed by atoms with Crippen molar-refractivity contribution in [3.8, 4) is 0 Å². The van der Waals surface area contributed by atoms with E-state index in [0.717, 1.165) is 6.08 Å². The van der Waals surface area contributed by atoms with Crippen LogP contribution < -0.4 is 29.6 Å². The second-order valence-corrected chi connectivity index (χ2v) is 2.78. The van der Waals surface area contributed by atoms with Crippen molar-refractivity contribution in [2.75, 3.05) is 5.75 Å². The van der Waals surface area contributed by atoms with Gasteiger partial charge in [-0.2, -0.15) is 21.6 Å². The summed E-state index contributed by atoms with van der Waals surface area (Å²) in [6.45, 7) is -0.560. The summed E-state index contributed by atoms with van der Waals surface area (Å²) in [6.07, 6.45) is 1.12. The molecule has 12 heavy (non-hydrogen) atoms. The van der Waals surface area contributed by atoms with E-state index in [-0.39, 0.29) is 36.7 Å². The predicted octanol–water partition coefficient (Wildman–Crippen LogP) is -1.64. The third kappa shape index (κ3) is 47.2. The van der Waals surface area contributed by atoms with Crippen molar-refractivity contribution < 1.29 is 57.1 Å². The zero-order valence-corrected chi connectivity index (χ0v) is 9.19. The van der Waals surface area contributed by atoms with E-state index in [2.05, 4.69) is 6.58 Å². The van der Waals surface area contributed by atoms with Gasteiger partial charge in [-0.25, -0.2) is 0 Å². The first-order valence-electron chi connectivity index (χ1n) is 2.28. The van der Waals surface area contributed by atoms with Crippen LogP contribution in [0.3, 0.4) is 0 Å². The first kappa shape index (κ1) is 18.3. The molecule has 0 aromatic heterocycles. The molecule has 70 valence electrons. The Morgan fingerprint density at radius 3 is 1.75 bits per heavy atom. The van der Waals surface area contributed by atoms with Gasteiger partial charge in [-0.3, -0.25) is 4.55 Å². The summed E-state index contributed by atoms with van der Waals surface area (Å²) in [5.74, 6) is -0.368. The monoisotopic (exact) mass is 216 g/mol. The second kappa shape index (κ2) is 9.53. The molecular weight excluding hydrogens is 208 g/mol. The van der Waals surface area contributed by atoms with Crippen LogP contribution in [0.15, 0.2) is 12.7 Å². The van der Waals surface area contributed by atoms with E-state index >= 15 is 0 Å². The normalized spacial score (nSPS) is 9.42. The summed E-state index contributed by atoms with van der Waals surface area (Å²) < 4.78 is 56.3. The van der Waals surface area contributed by atoms with Gasteiger partial charge in [-0.05, 0) is 0 Å². The molecule has 0 atom stereocenters. The SMILES string of the molecule is C=CCS(=O)(=O)O.FC(F)F.[H-].[Na+]. The van der Waals surface area contributed by atoms with Gasteiger partial charge in [0.1, 0.15) is 0 Å². The standard InChI is InChI=1S/C3H6O3S.CHF3.Na.H/c1-2-3-7(4,5)6;2-1(3)4;;/h2H,1,3H2,(H,4,5,6);1H;;/q;;+1;-1. The van der Waals surface area contributed by atoms with Crippen molar-refractivity contribution in [2.24, 2.45) is 0 Å². The number of rotatable bonds is 2. The Labute approximate surface area is 92.2 Å². The van der Waals surface area contributed by atoms with Gasteiger partial charge in [0, 0.05) is 0 Å². The van der Waals surface area contributed by atoms with Gasteiger partial charge in [0.15, 0.2) is 0 Å². The van der Waals surface area contributed by atoms with Crippen LogP contribution >= 0.6 is 0 Å². The average molecular weight is 216 g/mol. The molecular formula is C4H8F3NaO3S. The maximum Gasteiger partial charge on any atom is 1.00 e. The van der Waals surface area contributed by atoms with Crippen LogP contribution in [0.5, 0.6) is 0 Å². The molecule has 8 heteroatoms. The van der Waals surface area contributed by atoms with E-state index in [1.54, 1.807) is 0 Å². The second-order valence-electron chi connectivity index (χ2n) is 1.28. The number of alkyl halides is 3. The van der Waals surface area contributed by atoms with E-state index < -0.39 is 16.8 Å². The molecule has 3 nitrogen and oxygen atoms in total. The zero-order chi connectivity index (χ0) is 9.49. The van der Waals surface area contributed by atoms with Gasteiger partial charge in [0.2, 0.25) is 0 Å². The van der Waals surface area contributed by atoms with Crippen molar-refractivity contribution in [3.05, 3.63) is 12.7 Å². The minimum absolute atomic E-state index is 0. The summed E-state index contributed by atoms with van der Waals surface area (Å²) in [7, 11) is -3.79. The summed E-state index contributed by atoms with van der Waals surface area (Å²) in [4.78, 5) is 0. The van der Waals surface area contributed by atoms with Gasteiger partial charge < -0.3 is 1.43 Å².